The molecule has 2 aromatic carbocycles. The maximum Gasteiger partial charge on any atom is 0.417 e. The number of amides is 1. The standard InChI is InChI=1S/C20H14ClF4N3O4S/c1-26-19(29)18-9-12(6-7-27-18)32-11-2-5-17(16(22)8-11)28-33(30,31)13-3-4-15(21)14(10-13)20(23,24)25/h2-10,28H,1H3,(H,26,29). The molecule has 33 heavy (non-hydrogen) atoms. The predicted molar refractivity (Wildman–Crippen MR) is 111 cm³/mol. The Bertz CT molecular complexity index is 1320. The SMILES string of the molecule is CNC(=O)c1cc(Oc2ccc(NS(=O)(=O)c3ccc(Cl)c(C(F)(F)F)c3)c(F)c2)ccn1. The molecule has 1 aromatic heterocycles. The minimum absolute atomic E-state index is 0.0321. The van der Waals surface area contributed by atoms with E-state index in [-0.39, 0.29) is 17.2 Å². The molecule has 2 N–H and O–H groups in total. The number of nitrogens with zero attached hydrogens (tertiary/aromatic N) is 1. The first-order valence-electron chi connectivity index (χ1n) is 8.96. The van der Waals surface area contributed by atoms with Gasteiger partial charge in [0.1, 0.15) is 17.2 Å². The van der Waals surface area contributed by atoms with Gasteiger partial charge in [0.25, 0.3) is 15.9 Å². The summed E-state index contributed by atoms with van der Waals surface area (Å²) in [6.45, 7) is 0. The van der Waals surface area contributed by atoms with Crippen LogP contribution in [0.1, 0.15) is 16.1 Å². The molecule has 0 saturated heterocycles. The summed E-state index contributed by atoms with van der Waals surface area (Å²) < 4.78 is 85.9. The van der Waals surface area contributed by atoms with Gasteiger partial charge in [0.2, 0.25) is 0 Å². The average molecular weight is 504 g/mol. The third-order valence-electron chi connectivity index (χ3n) is 4.17. The molecule has 1 heterocycles. The summed E-state index contributed by atoms with van der Waals surface area (Å²) in [6, 6.07) is 7.85. The van der Waals surface area contributed by atoms with Crippen molar-refractivity contribution in [1.82, 2.24) is 10.3 Å². The first-order chi connectivity index (χ1) is 15.4. The van der Waals surface area contributed by atoms with Gasteiger partial charge in [-0.15, -0.1) is 0 Å². The van der Waals surface area contributed by atoms with Crippen molar-refractivity contribution < 1.29 is 35.5 Å². The monoisotopic (exact) mass is 503 g/mol. The molecule has 0 bridgehead atoms. The molecule has 0 radical (unpaired) electrons. The van der Waals surface area contributed by atoms with Gasteiger partial charge in [-0.1, -0.05) is 11.6 Å². The van der Waals surface area contributed by atoms with E-state index in [4.69, 9.17) is 16.3 Å². The highest BCUT2D eigenvalue weighted by atomic mass is 35.5. The summed E-state index contributed by atoms with van der Waals surface area (Å²) in [5.74, 6) is -1.39. The lowest BCUT2D eigenvalue weighted by atomic mass is 10.2. The first-order valence-corrected chi connectivity index (χ1v) is 10.8. The van der Waals surface area contributed by atoms with E-state index in [0.29, 0.717) is 6.07 Å². The number of carbonyl (C=O) groups is 1. The van der Waals surface area contributed by atoms with Crippen molar-refractivity contribution in [3.05, 3.63) is 76.8 Å². The molecular formula is C20H14ClF4N3O4S. The molecule has 13 heteroatoms. The van der Waals surface area contributed by atoms with Crippen molar-refractivity contribution in [1.29, 1.82) is 0 Å². The summed E-state index contributed by atoms with van der Waals surface area (Å²) in [4.78, 5) is 14.7. The van der Waals surface area contributed by atoms with E-state index in [0.717, 1.165) is 24.3 Å². The second-order valence-electron chi connectivity index (χ2n) is 6.44. The largest absolute Gasteiger partial charge is 0.457 e. The Kier molecular flexibility index (Phi) is 6.79. The fraction of sp³-hybridized carbons (Fsp3) is 0.100. The van der Waals surface area contributed by atoms with Crippen molar-refractivity contribution in [2.24, 2.45) is 0 Å². The van der Waals surface area contributed by atoms with Crippen LogP contribution in [0, 0.1) is 5.82 Å². The van der Waals surface area contributed by atoms with Crippen molar-refractivity contribution in [2.45, 2.75) is 11.1 Å². The quantitative estimate of drug-likeness (QED) is 0.469. The van der Waals surface area contributed by atoms with E-state index >= 15 is 0 Å². The number of rotatable bonds is 6. The van der Waals surface area contributed by atoms with Crippen molar-refractivity contribution >= 4 is 33.2 Å². The Labute approximate surface area is 190 Å². The summed E-state index contributed by atoms with van der Waals surface area (Å²) in [7, 11) is -3.15. The highest BCUT2D eigenvalue weighted by molar-refractivity contribution is 7.92. The van der Waals surface area contributed by atoms with Crippen LogP contribution >= 0.6 is 11.6 Å². The zero-order chi connectivity index (χ0) is 24.4. The smallest absolute Gasteiger partial charge is 0.417 e. The number of hydrogen-bond acceptors (Lipinski definition) is 5. The van der Waals surface area contributed by atoms with Crippen molar-refractivity contribution in [2.75, 3.05) is 11.8 Å². The van der Waals surface area contributed by atoms with Gasteiger partial charge in [-0.05, 0) is 36.4 Å². The number of aromatic nitrogens is 1. The summed E-state index contributed by atoms with van der Waals surface area (Å²) in [6.07, 6.45) is -3.57. The Morgan fingerprint density at radius 2 is 1.76 bits per heavy atom. The number of alkyl halides is 3. The van der Waals surface area contributed by atoms with Crippen LogP contribution in [0.3, 0.4) is 0 Å². The zero-order valence-electron chi connectivity index (χ0n) is 16.6. The van der Waals surface area contributed by atoms with E-state index in [2.05, 4.69) is 10.3 Å². The van der Waals surface area contributed by atoms with Crippen LogP contribution in [0.15, 0.2) is 59.6 Å². The van der Waals surface area contributed by atoms with Crippen LogP contribution in [-0.4, -0.2) is 26.4 Å². The molecule has 1 amide bonds. The van der Waals surface area contributed by atoms with E-state index in [1.54, 1.807) is 0 Å². The molecule has 0 aliphatic heterocycles. The molecule has 3 aromatic rings. The molecule has 174 valence electrons. The van der Waals surface area contributed by atoms with Crippen molar-refractivity contribution in [3.63, 3.8) is 0 Å². The fourth-order valence-corrected chi connectivity index (χ4v) is 3.92. The Morgan fingerprint density at radius 1 is 1.06 bits per heavy atom. The van der Waals surface area contributed by atoms with Crippen LogP contribution < -0.4 is 14.8 Å². The van der Waals surface area contributed by atoms with Gasteiger partial charge in [-0.25, -0.2) is 12.8 Å². The number of anilines is 1. The fourth-order valence-electron chi connectivity index (χ4n) is 2.60. The van der Waals surface area contributed by atoms with E-state index in [9.17, 15) is 30.8 Å². The van der Waals surface area contributed by atoms with Gasteiger partial charge in [-0.2, -0.15) is 13.2 Å². The van der Waals surface area contributed by atoms with E-state index < -0.39 is 49.1 Å². The van der Waals surface area contributed by atoms with Gasteiger partial charge in [0.15, 0.2) is 5.82 Å². The van der Waals surface area contributed by atoms with Crippen LogP contribution in [0.4, 0.5) is 23.2 Å². The topological polar surface area (TPSA) is 97.4 Å². The number of hydrogen-bond donors (Lipinski definition) is 2. The second kappa shape index (κ2) is 9.24. The summed E-state index contributed by atoms with van der Waals surface area (Å²) >= 11 is 5.50. The number of benzene rings is 2. The molecule has 0 aliphatic rings. The van der Waals surface area contributed by atoms with Crippen molar-refractivity contribution in [3.8, 4) is 11.5 Å². The minimum Gasteiger partial charge on any atom is -0.457 e. The highest BCUT2D eigenvalue weighted by Crippen LogP contribution is 2.36. The predicted octanol–water partition coefficient (Wildman–Crippen LogP) is 4.85. The maximum atomic E-state index is 14.5. The van der Waals surface area contributed by atoms with Gasteiger partial charge < -0.3 is 10.1 Å². The van der Waals surface area contributed by atoms with Crippen LogP contribution in [-0.2, 0) is 16.2 Å². The number of sulfonamides is 1. The lowest BCUT2D eigenvalue weighted by Gasteiger charge is -2.13. The van der Waals surface area contributed by atoms with Crippen LogP contribution in [0.2, 0.25) is 5.02 Å². The number of ether oxygens (including phenoxy) is 1. The highest BCUT2D eigenvalue weighted by Gasteiger charge is 2.34. The van der Waals surface area contributed by atoms with Gasteiger partial charge >= 0.3 is 6.18 Å². The minimum atomic E-state index is -4.88. The number of halogens is 5. The van der Waals surface area contributed by atoms with E-state index in [1.807, 2.05) is 4.72 Å². The van der Waals surface area contributed by atoms with Crippen LogP contribution in [0.25, 0.3) is 0 Å². The molecule has 0 unspecified atom stereocenters. The number of carbonyl (C=O) groups excluding carboxylic acids is 1. The summed E-state index contributed by atoms with van der Waals surface area (Å²) in [5, 5.41) is 1.71. The van der Waals surface area contributed by atoms with Gasteiger partial charge in [0.05, 0.1) is 21.2 Å². The zero-order valence-corrected chi connectivity index (χ0v) is 18.1. The molecular weight excluding hydrogens is 490 g/mol. The third kappa shape index (κ3) is 5.71. The Morgan fingerprint density at radius 3 is 2.39 bits per heavy atom. The molecule has 0 aliphatic carbocycles. The van der Waals surface area contributed by atoms with Crippen LogP contribution in [0.5, 0.6) is 11.5 Å². The molecule has 3 rings (SSSR count). The molecule has 0 atom stereocenters. The number of nitrogens with one attached hydrogen (secondary N) is 2. The Balaban J connectivity index is 1.83. The number of pyridine rings is 1. The normalized spacial score (nSPS) is 11.7. The molecule has 0 fully saturated rings. The molecule has 0 spiro atoms. The lowest BCUT2D eigenvalue weighted by Crippen LogP contribution is -2.18. The first kappa shape index (κ1) is 24.3. The van der Waals surface area contributed by atoms with Gasteiger partial charge in [-0.3, -0.25) is 14.5 Å². The average Bonchev–Trinajstić information content (AvgIpc) is 2.74. The van der Waals surface area contributed by atoms with Gasteiger partial charge in [0, 0.05) is 25.4 Å². The molecule has 7 nitrogen and oxygen atoms in total. The second-order valence-corrected chi connectivity index (χ2v) is 8.53. The Hall–Kier alpha value is -3.38. The maximum absolute atomic E-state index is 14.5. The van der Waals surface area contributed by atoms with E-state index in [1.165, 1.54) is 31.4 Å². The third-order valence-corrected chi connectivity index (χ3v) is 5.86. The molecule has 0 saturated carbocycles. The lowest BCUT2D eigenvalue weighted by molar-refractivity contribution is -0.137. The summed E-state index contributed by atoms with van der Waals surface area (Å²) in [5.41, 5.74) is -1.81.